The highest BCUT2D eigenvalue weighted by atomic mass is 16.4. The SMILES string of the molecule is CC(C)(C[O])c1nnco1. The number of nitrogens with zero attached hydrogens (tertiary/aromatic N) is 2. The normalized spacial score (nSPS) is 11.9. The van der Waals surface area contributed by atoms with Crippen LogP contribution in [0.25, 0.3) is 0 Å². The van der Waals surface area contributed by atoms with Gasteiger partial charge in [-0.05, 0) is 13.8 Å². The second kappa shape index (κ2) is 2.38. The molecule has 1 radical (unpaired) electrons. The first-order valence-corrected chi connectivity index (χ1v) is 3.01. The maximum absolute atomic E-state index is 10.5. The van der Waals surface area contributed by atoms with E-state index in [1.807, 2.05) is 0 Å². The Morgan fingerprint density at radius 3 is 2.80 bits per heavy atom. The van der Waals surface area contributed by atoms with E-state index in [9.17, 15) is 5.11 Å². The van der Waals surface area contributed by atoms with Gasteiger partial charge >= 0.3 is 0 Å². The molecular weight excluding hydrogens is 132 g/mol. The second-order valence-electron chi connectivity index (χ2n) is 2.77. The van der Waals surface area contributed by atoms with Gasteiger partial charge in [-0.15, -0.1) is 10.2 Å². The molecule has 1 rings (SSSR count). The lowest BCUT2D eigenvalue weighted by molar-refractivity contribution is 0.121. The molecule has 0 spiro atoms. The molecular formula is C6H9N2O2. The minimum atomic E-state index is -0.531. The smallest absolute Gasteiger partial charge is 0.224 e. The number of hydrogen-bond acceptors (Lipinski definition) is 3. The Hall–Kier alpha value is -0.900. The van der Waals surface area contributed by atoms with Crippen LogP contribution in [0.2, 0.25) is 0 Å². The van der Waals surface area contributed by atoms with Gasteiger partial charge < -0.3 is 4.42 Å². The van der Waals surface area contributed by atoms with E-state index in [0.29, 0.717) is 5.89 Å². The van der Waals surface area contributed by atoms with Crippen molar-refractivity contribution in [1.29, 1.82) is 0 Å². The van der Waals surface area contributed by atoms with Crippen molar-refractivity contribution in [2.75, 3.05) is 6.61 Å². The lowest BCUT2D eigenvalue weighted by Crippen LogP contribution is -2.21. The van der Waals surface area contributed by atoms with Gasteiger partial charge in [0.1, 0.15) is 0 Å². The molecule has 1 heterocycles. The van der Waals surface area contributed by atoms with Crippen LogP contribution < -0.4 is 0 Å². The highest BCUT2D eigenvalue weighted by Crippen LogP contribution is 2.18. The summed E-state index contributed by atoms with van der Waals surface area (Å²) in [4.78, 5) is 0. The highest BCUT2D eigenvalue weighted by Gasteiger charge is 2.25. The maximum atomic E-state index is 10.5. The summed E-state index contributed by atoms with van der Waals surface area (Å²) in [5, 5.41) is 17.6. The molecule has 0 amide bonds. The average Bonchev–Trinajstić information content (AvgIpc) is 2.38. The Balaban J connectivity index is 2.85. The summed E-state index contributed by atoms with van der Waals surface area (Å²) < 4.78 is 4.87. The van der Waals surface area contributed by atoms with Crippen molar-refractivity contribution in [3.8, 4) is 0 Å². The topological polar surface area (TPSA) is 58.8 Å². The minimum absolute atomic E-state index is 0.241. The van der Waals surface area contributed by atoms with E-state index in [1.54, 1.807) is 13.8 Å². The van der Waals surface area contributed by atoms with Crippen molar-refractivity contribution >= 4 is 0 Å². The molecule has 0 aliphatic heterocycles. The number of aromatic nitrogens is 2. The molecule has 0 aliphatic carbocycles. The fourth-order valence-electron chi connectivity index (χ4n) is 0.530. The Morgan fingerprint density at radius 1 is 1.70 bits per heavy atom. The maximum Gasteiger partial charge on any atom is 0.224 e. The lowest BCUT2D eigenvalue weighted by Gasteiger charge is -2.13. The van der Waals surface area contributed by atoms with E-state index in [-0.39, 0.29) is 6.61 Å². The molecule has 0 saturated carbocycles. The molecule has 0 fully saturated rings. The molecule has 1 aromatic rings. The molecule has 4 heteroatoms. The van der Waals surface area contributed by atoms with Gasteiger partial charge in [0, 0.05) is 0 Å². The van der Waals surface area contributed by atoms with Crippen LogP contribution in [0.15, 0.2) is 10.8 Å². The molecule has 0 aliphatic rings. The first-order valence-electron chi connectivity index (χ1n) is 3.01. The van der Waals surface area contributed by atoms with E-state index >= 15 is 0 Å². The van der Waals surface area contributed by atoms with E-state index in [4.69, 9.17) is 4.42 Å². The van der Waals surface area contributed by atoms with Crippen LogP contribution in [0.5, 0.6) is 0 Å². The quantitative estimate of drug-likeness (QED) is 0.611. The van der Waals surface area contributed by atoms with Gasteiger partial charge in [-0.3, -0.25) is 0 Å². The minimum Gasteiger partial charge on any atom is -0.427 e. The zero-order valence-electron chi connectivity index (χ0n) is 6.00. The molecule has 0 N–H and O–H groups in total. The van der Waals surface area contributed by atoms with Crippen molar-refractivity contribution in [2.24, 2.45) is 0 Å². The van der Waals surface area contributed by atoms with Gasteiger partial charge in [0.25, 0.3) is 0 Å². The van der Waals surface area contributed by atoms with Crippen molar-refractivity contribution in [1.82, 2.24) is 10.2 Å². The standard InChI is InChI=1S/C6H9N2O2/c1-6(2,3-9)5-8-7-4-10-5/h4H,3H2,1-2H3. The van der Waals surface area contributed by atoms with Gasteiger partial charge in [-0.1, -0.05) is 0 Å². The van der Waals surface area contributed by atoms with Crippen molar-refractivity contribution in [3.63, 3.8) is 0 Å². The first-order chi connectivity index (χ1) is 4.67. The molecule has 0 bridgehead atoms. The van der Waals surface area contributed by atoms with Gasteiger partial charge in [-0.2, -0.15) is 0 Å². The Labute approximate surface area is 58.9 Å². The number of hydrogen-bond donors (Lipinski definition) is 0. The van der Waals surface area contributed by atoms with Crippen LogP contribution in [-0.4, -0.2) is 16.8 Å². The highest BCUT2D eigenvalue weighted by molar-refractivity contribution is 4.96. The summed E-state index contributed by atoms with van der Waals surface area (Å²) in [6.07, 6.45) is 1.23. The van der Waals surface area contributed by atoms with Crippen LogP contribution in [0.4, 0.5) is 0 Å². The summed E-state index contributed by atoms with van der Waals surface area (Å²) in [5.74, 6) is 0.405. The molecule has 0 saturated heterocycles. The van der Waals surface area contributed by atoms with E-state index in [1.165, 1.54) is 6.39 Å². The van der Waals surface area contributed by atoms with Crippen LogP contribution in [0.3, 0.4) is 0 Å². The summed E-state index contributed by atoms with van der Waals surface area (Å²) >= 11 is 0. The molecule has 10 heavy (non-hydrogen) atoms. The second-order valence-corrected chi connectivity index (χ2v) is 2.77. The van der Waals surface area contributed by atoms with Gasteiger partial charge in [0.15, 0.2) is 0 Å². The Kier molecular flexibility index (Phi) is 1.72. The van der Waals surface area contributed by atoms with Crippen LogP contribution in [-0.2, 0) is 10.5 Å². The molecule has 55 valence electrons. The molecule has 0 aromatic carbocycles. The monoisotopic (exact) mass is 141 g/mol. The predicted molar refractivity (Wildman–Crippen MR) is 32.9 cm³/mol. The van der Waals surface area contributed by atoms with Crippen LogP contribution in [0, 0.1) is 0 Å². The Morgan fingerprint density at radius 2 is 2.40 bits per heavy atom. The zero-order valence-corrected chi connectivity index (χ0v) is 6.00. The Bertz CT molecular complexity index is 194. The van der Waals surface area contributed by atoms with Crippen molar-refractivity contribution < 1.29 is 9.52 Å². The third-order valence-corrected chi connectivity index (χ3v) is 1.30. The molecule has 1 aromatic heterocycles. The third-order valence-electron chi connectivity index (χ3n) is 1.30. The van der Waals surface area contributed by atoms with Crippen molar-refractivity contribution in [2.45, 2.75) is 19.3 Å². The third kappa shape index (κ3) is 1.16. The molecule has 0 atom stereocenters. The van der Waals surface area contributed by atoms with Crippen LogP contribution >= 0.6 is 0 Å². The lowest BCUT2D eigenvalue weighted by atomic mass is 9.95. The molecule has 4 nitrogen and oxygen atoms in total. The van der Waals surface area contributed by atoms with Gasteiger partial charge in [0.2, 0.25) is 12.3 Å². The van der Waals surface area contributed by atoms with E-state index in [0.717, 1.165) is 0 Å². The van der Waals surface area contributed by atoms with E-state index < -0.39 is 5.41 Å². The zero-order chi connectivity index (χ0) is 7.61. The average molecular weight is 141 g/mol. The first kappa shape index (κ1) is 7.21. The molecule has 0 unspecified atom stereocenters. The summed E-state index contributed by atoms with van der Waals surface area (Å²) in [7, 11) is 0. The van der Waals surface area contributed by atoms with Gasteiger partial charge in [-0.25, -0.2) is 5.11 Å². The van der Waals surface area contributed by atoms with Gasteiger partial charge in [0.05, 0.1) is 12.0 Å². The summed E-state index contributed by atoms with van der Waals surface area (Å²) in [5.41, 5.74) is -0.531. The predicted octanol–water partition coefficient (Wildman–Crippen LogP) is 0.778. The fraction of sp³-hybridized carbons (Fsp3) is 0.667. The summed E-state index contributed by atoms with van der Waals surface area (Å²) in [6.45, 7) is 3.30. The van der Waals surface area contributed by atoms with E-state index in [2.05, 4.69) is 10.2 Å². The number of rotatable bonds is 2. The van der Waals surface area contributed by atoms with Crippen molar-refractivity contribution in [3.05, 3.63) is 12.3 Å². The summed E-state index contributed by atoms with van der Waals surface area (Å²) in [6, 6.07) is 0. The fourth-order valence-corrected chi connectivity index (χ4v) is 0.530. The van der Waals surface area contributed by atoms with Crippen LogP contribution in [0.1, 0.15) is 19.7 Å². The largest absolute Gasteiger partial charge is 0.427 e.